The molecule has 0 radical (unpaired) electrons. The molecule has 2 aromatic carbocycles. The minimum Gasteiger partial charge on any atom is -0.423 e. The zero-order valence-corrected chi connectivity index (χ0v) is 12.0. The van der Waals surface area contributed by atoms with Gasteiger partial charge in [-0.05, 0) is 19.1 Å². The van der Waals surface area contributed by atoms with Gasteiger partial charge in [-0.2, -0.15) is 0 Å². The molecule has 2 aromatic heterocycles. The number of rotatable bonds is 2. The van der Waals surface area contributed by atoms with E-state index in [9.17, 15) is 0 Å². The number of aromatic nitrogens is 3. The fraction of sp³-hybridized carbons (Fsp3) is 0.0556. The van der Waals surface area contributed by atoms with Crippen LogP contribution < -0.4 is 0 Å². The number of hydrogen-bond acceptors (Lipinski definition) is 4. The third-order valence-electron chi connectivity index (χ3n) is 3.65. The van der Waals surface area contributed by atoms with Crippen LogP contribution in [0.25, 0.3) is 33.6 Å². The fourth-order valence-electron chi connectivity index (χ4n) is 2.51. The maximum Gasteiger partial charge on any atom is 0.248 e. The summed E-state index contributed by atoms with van der Waals surface area (Å²) in [6.45, 7) is 2.07. The molecular weight excluding hydrogens is 274 g/mol. The first-order valence-corrected chi connectivity index (χ1v) is 7.04. The van der Waals surface area contributed by atoms with Gasteiger partial charge < -0.3 is 4.42 Å². The molecule has 0 saturated heterocycles. The van der Waals surface area contributed by atoms with Crippen LogP contribution in [0, 0.1) is 6.92 Å². The molecule has 2 heterocycles. The standard InChI is InChI=1S/C18H13N3O/c1-12-6-8-13(9-7-12)17-10-15(18-21-19-11-22-18)14-4-2-3-5-16(14)20-17/h2-11H,1H3. The Labute approximate surface area is 127 Å². The van der Waals surface area contributed by atoms with Gasteiger partial charge in [0.25, 0.3) is 0 Å². The molecule has 0 bridgehead atoms. The lowest BCUT2D eigenvalue weighted by Crippen LogP contribution is -1.90. The summed E-state index contributed by atoms with van der Waals surface area (Å²) in [6.07, 6.45) is 1.34. The van der Waals surface area contributed by atoms with Crippen LogP contribution in [0.15, 0.2) is 65.4 Å². The van der Waals surface area contributed by atoms with Crippen molar-refractivity contribution in [2.24, 2.45) is 0 Å². The molecule has 4 nitrogen and oxygen atoms in total. The zero-order chi connectivity index (χ0) is 14.9. The molecule has 4 aromatic rings. The van der Waals surface area contributed by atoms with Gasteiger partial charge in [-0.1, -0.05) is 48.0 Å². The number of aryl methyl sites for hydroxylation is 1. The molecule has 0 amide bonds. The maximum atomic E-state index is 5.39. The highest BCUT2D eigenvalue weighted by atomic mass is 16.4. The highest BCUT2D eigenvalue weighted by Crippen LogP contribution is 2.30. The molecule has 0 N–H and O–H groups in total. The Balaban J connectivity index is 1.99. The van der Waals surface area contributed by atoms with Crippen molar-refractivity contribution in [2.45, 2.75) is 6.92 Å². The van der Waals surface area contributed by atoms with E-state index in [2.05, 4.69) is 41.4 Å². The molecule has 0 aliphatic heterocycles. The van der Waals surface area contributed by atoms with Crippen LogP contribution in [0.4, 0.5) is 0 Å². The van der Waals surface area contributed by atoms with E-state index < -0.39 is 0 Å². The minimum absolute atomic E-state index is 0.506. The van der Waals surface area contributed by atoms with Gasteiger partial charge in [0.05, 0.1) is 16.8 Å². The minimum atomic E-state index is 0.506. The smallest absolute Gasteiger partial charge is 0.248 e. The van der Waals surface area contributed by atoms with Crippen molar-refractivity contribution < 1.29 is 4.42 Å². The second-order valence-electron chi connectivity index (χ2n) is 5.18. The van der Waals surface area contributed by atoms with Crippen molar-refractivity contribution in [3.63, 3.8) is 0 Å². The topological polar surface area (TPSA) is 51.8 Å². The molecule has 0 aliphatic carbocycles. The largest absolute Gasteiger partial charge is 0.423 e. The third-order valence-corrected chi connectivity index (χ3v) is 3.65. The molecule has 0 fully saturated rings. The predicted octanol–water partition coefficient (Wildman–Crippen LogP) is 4.26. The Morgan fingerprint density at radius 3 is 2.55 bits per heavy atom. The summed E-state index contributed by atoms with van der Waals surface area (Å²) < 4.78 is 5.39. The van der Waals surface area contributed by atoms with E-state index in [1.165, 1.54) is 12.0 Å². The second-order valence-corrected chi connectivity index (χ2v) is 5.18. The first-order chi connectivity index (χ1) is 10.8. The Morgan fingerprint density at radius 2 is 1.77 bits per heavy atom. The molecule has 0 atom stereocenters. The van der Waals surface area contributed by atoms with Crippen molar-refractivity contribution in [1.82, 2.24) is 15.2 Å². The molecule has 0 aliphatic rings. The number of fused-ring (bicyclic) bond motifs is 1. The van der Waals surface area contributed by atoms with Crippen LogP contribution in [0.3, 0.4) is 0 Å². The van der Waals surface area contributed by atoms with Crippen LogP contribution in [0.5, 0.6) is 0 Å². The average Bonchev–Trinajstić information content (AvgIpc) is 3.09. The number of benzene rings is 2. The van der Waals surface area contributed by atoms with Crippen molar-refractivity contribution in [1.29, 1.82) is 0 Å². The number of nitrogens with zero attached hydrogens (tertiary/aromatic N) is 3. The summed E-state index contributed by atoms with van der Waals surface area (Å²) in [7, 11) is 0. The summed E-state index contributed by atoms with van der Waals surface area (Å²) >= 11 is 0. The lowest BCUT2D eigenvalue weighted by molar-refractivity contribution is 0.569. The van der Waals surface area contributed by atoms with E-state index in [4.69, 9.17) is 9.40 Å². The summed E-state index contributed by atoms with van der Waals surface area (Å²) in [5.74, 6) is 0.506. The molecule has 4 heteroatoms. The van der Waals surface area contributed by atoms with Gasteiger partial charge in [-0.15, -0.1) is 10.2 Å². The van der Waals surface area contributed by atoms with E-state index >= 15 is 0 Å². The second kappa shape index (κ2) is 5.07. The Kier molecular flexibility index (Phi) is 2.93. The fourth-order valence-corrected chi connectivity index (χ4v) is 2.51. The Bertz CT molecular complexity index is 928. The first kappa shape index (κ1) is 12.7. The van der Waals surface area contributed by atoms with Gasteiger partial charge in [-0.25, -0.2) is 4.98 Å². The quantitative estimate of drug-likeness (QED) is 0.552. The van der Waals surface area contributed by atoms with Crippen molar-refractivity contribution in [2.75, 3.05) is 0 Å². The van der Waals surface area contributed by atoms with E-state index in [0.717, 1.165) is 27.7 Å². The summed E-state index contributed by atoms with van der Waals surface area (Å²) in [5.41, 5.74) is 5.00. The summed E-state index contributed by atoms with van der Waals surface area (Å²) in [5, 5.41) is 8.83. The highest BCUT2D eigenvalue weighted by Gasteiger charge is 2.12. The molecular formula is C18H13N3O. The molecule has 4 rings (SSSR count). The van der Waals surface area contributed by atoms with Gasteiger partial charge in [0.2, 0.25) is 12.3 Å². The lowest BCUT2D eigenvalue weighted by atomic mass is 10.0. The highest BCUT2D eigenvalue weighted by molar-refractivity contribution is 5.94. The summed E-state index contributed by atoms with van der Waals surface area (Å²) in [4.78, 5) is 4.76. The molecule has 0 saturated carbocycles. The van der Waals surface area contributed by atoms with E-state index in [1.807, 2.05) is 30.3 Å². The van der Waals surface area contributed by atoms with Crippen molar-refractivity contribution >= 4 is 10.9 Å². The normalized spacial score (nSPS) is 11.0. The van der Waals surface area contributed by atoms with Gasteiger partial charge in [0, 0.05) is 10.9 Å². The number of para-hydroxylation sites is 1. The van der Waals surface area contributed by atoms with Gasteiger partial charge in [0.15, 0.2) is 0 Å². The number of hydrogen-bond donors (Lipinski definition) is 0. The van der Waals surface area contributed by atoms with Crippen LogP contribution in [-0.4, -0.2) is 15.2 Å². The maximum absolute atomic E-state index is 5.39. The predicted molar refractivity (Wildman–Crippen MR) is 85.2 cm³/mol. The van der Waals surface area contributed by atoms with E-state index in [0.29, 0.717) is 5.89 Å². The average molecular weight is 287 g/mol. The third kappa shape index (κ3) is 2.15. The van der Waals surface area contributed by atoms with Crippen molar-refractivity contribution in [3.05, 3.63) is 66.6 Å². The molecule has 22 heavy (non-hydrogen) atoms. The molecule has 106 valence electrons. The SMILES string of the molecule is Cc1ccc(-c2cc(-c3nnco3)c3ccccc3n2)cc1. The Hall–Kier alpha value is -3.01. The van der Waals surface area contributed by atoms with Crippen LogP contribution in [-0.2, 0) is 0 Å². The monoisotopic (exact) mass is 287 g/mol. The zero-order valence-electron chi connectivity index (χ0n) is 12.0. The van der Waals surface area contributed by atoms with E-state index in [-0.39, 0.29) is 0 Å². The van der Waals surface area contributed by atoms with Crippen LogP contribution in [0.2, 0.25) is 0 Å². The lowest BCUT2D eigenvalue weighted by Gasteiger charge is -2.07. The van der Waals surface area contributed by atoms with E-state index in [1.54, 1.807) is 0 Å². The van der Waals surface area contributed by atoms with Gasteiger partial charge >= 0.3 is 0 Å². The van der Waals surface area contributed by atoms with Gasteiger partial charge in [-0.3, -0.25) is 0 Å². The Morgan fingerprint density at radius 1 is 0.955 bits per heavy atom. The van der Waals surface area contributed by atoms with Gasteiger partial charge in [0.1, 0.15) is 0 Å². The van der Waals surface area contributed by atoms with Crippen LogP contribution >= 0.6 is 0 Å². The molecule has 0 spiro atoms. The first-order valence-electron chi connectivity index (χ1n) is 7.04. The van der Waals surface area contributed by atoms with Crippen molar-refractivity contribution in [3.8, 4) is 22.7 Å². The van der Waals surface area contributed by atoms with Crippen LogP contribution in [0.1, 0.15) is 5.56 Å². The number of pyridine rings is 1. The summed E-state index contributed by atoms with van der Waals surface area (Å²) in [6, 6.07) is 18.3. The molecule has 0 unspecified atom stereocenters.